The lowest BCUT2D eigenvalue weighted by Gasteiger charge is -2.08. The summed E-state index contributed by atoms with van der Waals surface area (Å²) in [6, 6.07) is 7.55. The maximum Gasteiger partial charge on any atom is 0.411 e. The Bertz CT molecular complexity index is 322. The predicted molar refractivity (Wildman–Crippen MR) is 69.0 cm³/mol. The molecule has 1 N–H and O–H groups in total. The number of benzene rings is 1. The molecule has 1 aromatic rings. The fraction of sp³-hybridized carbons (Fsp3) is 0.364. The highest BCUT2D eigenvalue weighted by Crippen LogP contribution is 2.11. The van der Waals surface area contributed by atoms with Gasteiger partial charge in [0.05, 0.1) is 6.61 Å². The van der Waals surface area contributed by atoms with Gasteiger partial charge in [-0.15, -0.1) is 0 Å². The van der Waals surface area contributed by atoms with Crippen LogP contribution < -0.4 is 5.32 Å². The summed E-state index contributed by atoms with van der Waals surface area (Å²) in [7, 11) is 0. The van der Waals surface area contributed by atoms with Crippen molar-refractivity contribution in [2.24, 2.45) is 5.92 Å². The zero-order valence-corrected chi connectivity index (χ0v) is 10.9. The van der Waals surface area contributed by atoms with Crippen molar-refractivity contribution in [2.75, 3.05) is 11.9 Å². The lowest BCUT2D eigenvalue weighted by atomic mass is 10.2. The summed E-state index contributed by atoms with van der Waals surface area (Å²) < 4.78 is 6.12. The SMILES string of the molecule is CC(C)COC(=O)Nc1ccc(I)cc1. The van der Waals surface area contributed by atoms with E-state index in [2.05, 4.69) is 27.9 Å². The second-order valence-corrected chi connectivity index (χ2v) is 4.87. The molecule has 1 rings (SSSR count). The first kappa shape index (κ1) is 12.3. The Balaban J connectivity index is 2.41. The van der Waals surface area contributed by atoms with E-state index in [1.807, 2.05) is 38.1 Å². The molecule has 0 spiro atoms. The van der Waals surface area contributed by atoms with Gasteiger partial charge in [0.25, 0.3) is 0 Å². The third-order valence-electron chi connectivity index (χ3n) is 1.64. The molecule has 0 radical (unpaired) electrons. The number of hydrogen-bond donors (Lipinski definition) is 1. The summed E-state index contributed by atoms with van der Waals surface area (Å²) in [6.45, 7) is 4.44. The zero-order chi connectivity index (χ0) is 11.3. The van der Waals surface area contributed by atoms with E-state index < -0.39 is 6.09 Å². The van der Waals surface area contributed by atoms with Crippen LogP contribution in [-0.2, 0) is 4.74 Å². The molecule has 0 bridgehead atoms. The third-order valence-corrected chi connectivity index (χ3v) is 2.36. The number of nitrogens with one attached hydrogen (secondary N) is 1. The van der Waals surface area contributed by atoms with E-state index in [4.69, 9.17) is 4.74 Å². The van der Waals surface area contributed by atoms with Crippen LogP contribution in [0.2, 0.25) is 0 Å². The molecule has 0 heterocycles. The number of halogens is 1. The van der Waals surface area contributed by atoms with Crippen LogP contribution in [0.5, 0.6) is 0 Å². The summed E-state index contributed by atoms with van der Waals surface area (Å²) in [5.41, 5.74) is 0.754. The average molecular weight is 319 g/mol. The van der Waals surface area contributed by atoms with Crippen molar-refractivity contribution in [1.82, 2.24) is 0 Å². The molecule has 4 heteroatoms. The second-order valence-electron chi connectivity index (χ2n) is 3.62. The highest BCUT2D eigenvalue weighted by atomic mass is 127. The van der Waals surface area contributed by atoms with E-state index in [1.54, 1.807) is 0 Å². The molecule has 82 valence electrons. The molecule has 0 aromatic heterocycles. The van der Waals surface area contributed by atoms with Crippen molar-refractivity contribution in [3.05, 3.63) is 27.8 Å². The molecule has 0 atom stereocenters. The molecule has 0 fully saturated rings. The normalized spacial score (nSPS) is 10.1. The monoisotopic (exact) mass is 319 g/mol. The first-order valence-corrected chi connectivity index (χ1v) is 5.85. The Kier molecular flexibility index (Phi) is 4.87. The molecule has 0 unspecified atom stereocenters. The van der Waals surface area contributed by atoms with Gasteiger partial charge >= 0.3 is 6.09 Å². The number of carbonyl (C=O) groups is 1. The van der Waals surface area contributed by atoms with Crippen LogP contribution in [0.3, 0.4) is 0 Å². The fourth-order valence-corrected chi connectivity index (χ4v) is 1.29. The van der Waals surface area contributed by atoms with Crippen molar-refractivity contribution in [3.8, 4) is 0 Å². The Hall–Kier alpha value is -0.780. The van der Waals surface area contributed by atoms with E-state index in [1.165, 1.54) is 0 Å². The Morgan fingerprint density at radius 3 is 2.53 bits per heavy atom. The van der Waals surface area contributed by atoms with E-state index >= 15 is 0 Å². The van der Waals surface area contributed by atoms with Crippen LogP contribution in [0.1, 0.15) is 13.8 Å². The highest BCUT2D eigenvalue weighted by molar-refractivity contribution is 14.1. The minimum Gasteiger partial charge on any atom is -0.449 e. The Labute approximate surface area is 103 Å². The standard InChI is InChI=1S/C11H14INO2/c1-8(2)7-15-11(14)13-10-5-3-9(12)4-6-10/h3-6,8H,7H2,1-2H3,(H,13,14). The number of ether oxygens (including phenoxy) is 1. The summed E-state index contributed by atoms with van der Waals surface area (Å²) in [5, 5.41) is 2.66. The molecular weight excluding hydrogens is 305 g/mol. The van der Waals surface area contributed by atoms with Gasteiger partial charge in [-0.1, -0.05) is 13.8 Å². The minimum absolute atomic E-state index is 0.354. The van der Waals surface area contributed by atoms with E-state index in [9.17, 15) is 4.79 Å². The first-order chi connectivity index (χ1) is 7.08. The highest BCUT2D eigenvalue weighted by Gasteiger charge is 2.03. The molecule has 0 aliphatic rings. The molecule has 0 aliphatic heterocycles. The lowest BCUT2D eigenvalue weighted by Crippen LogP contribution is -2.16. The van der Waals surface area contributed by atoms with E-state index in [-0.39, 0.29) is 0 Å². The zero-order valence-electron chi connectivity index (χ0n) is 8.79. The molecule has 0 saturated carbocycles. The predicted octanol–water partition coefficient (Wildman–Crippen LogP) is 3.50. The number of carbonyl (C=O) groups excluding carboxylic acids is 1. The van der Waals surface area contributed by atoms with Crippen molar-refractivity contribution >= 4 is 34.4 Å². The molecule has 0 saturated heterocycles. The fourth-order valence-electron chi connectivity index (χ4n) is 0.930. The van der Waals surface area contributed by atoms with Crippen LogP contribution in [0, 0.1) is 9.49 Å². The average Bonchev–Trinajstić information content (AvgIpc) is 2.19. The largest absolute Gasteiger partial charge is 0.449 e. The summed E-state index contributed by atoms with van der Waals surface area (Å²) in [5.74, 6) is 0.354. The quantitative estimate of drug-likeness (QED) is 0.866. The summed E-state index contributed by atoms with van der Waals surface area (Å²) >= 11 is 2.21. The molecule has 1 amide bonds. The van der Waals surface area contributed by atoms with Gasteiger partial charge in [-0.3, -0.25) is 5.32 Å². The molecule has 3 nitrogen and oxygen atoms in total. The van der Waals surface area contributed by atoms with Gasteiger partial charge < -0.3 is 4.74 Å². The van der Waals surface area contributed by atoms with Gasteiger partial charge in [-0.05, 0) is 52.8 Å². The van der Waals surface area contributed by atoms with Crippen molar-refractivity contribution in [3.63, 3.8) is 0 Å². The van der Waals surface area contributed by atoms with Crippen molar-refractivity contribution < 1.29 is 9.53 Å². The van der Waals surface area contributed by atoms with E-state index in [0.29, 0.717) is 12.5 Å². The molecule has 15 heavy (non-hydrogen) atoms. The van der Waals surface area contributed by atoms with Crippen LogP contribution in [0.15, 0.2) is 24.3 Å². The maximum atomic E-state index is 11.3. The van der Waals surface area contributed by atoms with Crippen LogP contribution in [-0.4, -0.2) is 12.7 Å². The molecule has 0 aliphatic carbocycles. The van der Waals surface area contributed by atoms with Crippen LogP contribution >= 0.6 is 22.6 Å². The number of amides is 1. The summed E-state index contributed by atoms with van der Waals surface area (Å²) in [6.07, 6.45) is -0.398. The Morgan fingerprint density at radius 2 is 2.00 bits per heavy atom. The van der Waals surface area contributed by atoms with Gasteiger partial charge in [-0.2, -0.15) is 0 Å². The Morgan fingerprint density at radius 1 is 1.40 bits per heavy atom. The topological polar surface area (TPSA) is 38.3 Å². The van der Waals surface area contributed by atoms with Gasteiger partial charge in [0.2, 0.25) is 0 Å². The lowest BCUT2D eigenvalue weighted by molar-refractivity contribution is 0.147. The number of hydrogen-bond acceptors (Lipinski definition) is 2. The van der Waals surface area contributed by atoms with Crippen LogP contribution in [0.25, 0.3) is 0 Å². The minimum atomic E-state index is -0.398. The molecular formula is C11H14INO2. The van der Waals surface area contributed by atoms with Gasteiger partial charge in [-0.25, -0.2) is 4.79 Å². The van der Waals surface area contributed by atoms with Crippen LogP contribution in [0.4, 0.5) is 10.5 Å². The van der Waals surface area contributed by atoms with E-state index in [0.717, 1.165) is 9.26 Å². The molecule has 1 aromatic carbocycles. The number of rotatable bonds is 3. The first-order valence-electron chi connectivity index (χ1n) is 4.77. The van der Waals surface area contributed by atoms with Crippen molar-refractivity contribution in [1.29, 1.82) is 0 Å². The van der Waals surface area contributed by atoms with Gasteiger partial charge in [0.1, 0.15) is 0 Å². The second kappa shape index (κ2) is 5.95. The van der Waals surface area contributed by atoms with Crippen molar-refractivity contribution in [2.45, 2.75) is 13.8 Å². The number of anilines is 1. The van der Waals surface area contributed by atoms with Gasteiger partial charge in [0, 0.05) is 9.26 Å². The van der Waals surface area contributed by atoms with Gasteiger partial charge in [0.15, 0.2) is 0 Å². The smallest absolute Gasteiger partial charge is 0.411 e. The third kappa shape index (κ3) is 5.01. The summed E-state index contributed by atoms with van der Waals surface area (Å²) in [4.78, 5) is 11.3. The maximum absolute atomic E-state index is 11.3.